The van der Waals surface area contributed by atoms with E-state index in [-0.39, 0.29) is 16.7 Å². The number of carbonyl (C=O) groups excluding carboxylic acids is 1. The van der Waals surface area contributed by atoms with Gasteiger partial charge >= 0.3 is 0 Å². The minimum absolute atomic E-state index is 0.0688. The van der Waals surface area contributed by atoms with E-state index in [2.05, 4.69) is 45.1 Å². The van der Waals surface area contributed by atoms with Gasteiger partial charge in [-0.1, -0.05) is 45.0 Å². The second kappa shape index (κ2) is 6.28. The van der Waals surface area contributed by atoms with E-state index < -0.39 is 0 Å². The van der Waals surface area contributed by atoms with Gasteiger partial charge in [-0.2, -0.15) is 0 Å². The van der Waals surface area contributed by atoms with Gasteiger partial charge in [-0.15, -0.1) is 11.8 Å². The van der Waals surface area contributed by atoms with Gasteiger partial charge in [-0.3, -0.25) is 4.79 Å². The van der Waals surface area contributed by atoms with E-state index >= 15 is 0 Å². The molecule has 0 aliphatic carbocycles. The Morgan fingerprint density at radius 3 is 2.50 bits per heavy atom. The van der Waals surface area contributed by atoms with Crippen LogP contribution in [0.25, 0.3) is 0 Å². The Bertz CT molecular complexity index is 409. The van der Waals surface area contributed by atoms with E-state index in [0.29, 0.717) is 5.75 Å². The fourth-order valence-electron chi connectivity index (χ4n) is 1.72. The molecule has 2 nitrogen and oxygen atoms in total. The van der Waals surface area contributed by atoms with Gasteiger partial charge < -0.3 is 5.32 Å². The van der Waals surface area contributed by atoms with Crippen LogP contribution >= 0.6 is 11.8 Å². The molecule has 0 saturated heterocycles. The van der Waals surface area contributed by atoms with Crippen molar-refractivity contribution < 1.29 is 4.79 Å². The van der Waals surface area contributed by atoms with Gasteiger partial charge in [0.05, 0.1) is 11.8 Å². The molecule has 1 rings (SSSR count). The summed E-state index contributed by atoms with van der Waals surface area (Å²) >= 11 is 1.67. The molecule has 100 valence electrons. The lowest BCUT2D eigenvalue weighted by Gasteiger charge is -2.20. The maximum Gasteiger partial charge on any atom is 0.230 e. The van der Waals surface area contributed by atoms with Crippen molar-refractivity contribution in [2.45, 2.75) is 45.4 Å². The van der Waals surface area contributed by atoms with Crippen LogP contribution in [0.5, 0.6) is 0 Å². The number of thioether (sulfide) groups is 1. The van der Waals surface area contributed by atoms with Crippen LogP contribution in [0.1, 0.15) is 44.9 Å². The lowest BCUT2D eigenvalue weighted by atomic mass is 10.0. The molecular weight excluding hydrogens is 242 g/mol. The third kappa shape index (κ3) is 5.13. The molecular formula is C15H23NOS. The van der Waals surface area contributed by atoms with E-state index in [4.69, 9.17) is 0 Å². The number of carbonyl (C=O) groups is 1. The summed E-state index contributed by atoms with van der Waals surface area (Å²) in [6.45, 7) is 10.5. The highest BCUT2D eigenvalue weighted by atomic mass is 32.2. The number of nitrogens with one attached hydrogen (secondary N) is 1. The zero-order chi connectivity index (χ0) is 13.8. The third-order valence-electron chi connectivity index (χ3n) is 2.67. The first-order valence-electron chi connectivity index (χ1n) is 6.28. The van der Waals surface area contributed by atoms with Crippen LogP contribution < -0.4 is 5.32 Å². The largest absolute Gasteiger partial charge is 0.349 e. The van der Waals surface area contributed by atoms with Crippen molar-refractivity contribution in [3.63, 3.8) is 0 Å². The van der Waals surface area contributed by atoms with Gasteiger partial charge in [-0.05, 0) is 25.0 Å². The van der Waals surface area contributed by atoms with Crippen molar-refractivity contribution in [1.29, 1.82) is 0 Å². The smallest absolute Gasteiger partial charge is 0.230 e. The van der Waals surface area contributed by atoms with Gasteiger partial charge in [0.2, 0.25) is 5.91 Å². The lowest BCUT2D eigenvalue weighted by Crippen LogP contribution is -2.29. The SMILES string of the molecule is Cc1ccccc1C(C)NC(=O)CSC(C)(C)C. The number of hydrogen-bond donors (Lipinski definition) is 1. The highest BCUT2D eigenvalue weighted by Crippen LogP contribution is 2.23. The Morgan fingerprint density at radius 2 is 1.94 bits per heavy atom. The third-order valence-corrected chi connectivity index (χ3v) is 3.94. The number of rotatable bonds is 4. The predicted octanol–water partition coefficient (Wildman–Crippen LogP) is 3.70. The molecule has 0 heterocycles. The van der Waals surface area contributed by atoms with Gasteiger partial charge in [0, 0.05) is 4.75 Å². The van der Waals surface area contributed by atoms with E-state index in [0.717, 1.165) is 0 Å². The Hall–Kier alpha value is -0.960. The lowest BCUT2D eigenvalue weighted by molar-refractivity contribution is -0.119. The summed E-state index contributed by atoms with van der Waals surface area (Å²) in [5, 5.41) is 3.05. The molecule has 0 fully saturated rings. The van der Waals surface area contributed by atoms with Crippen LogP contribution in [0.4, 0.5) is 0 Å². The molecule has 0 aliphatic rings. The molecule has 0 saturated carbocycles. The molecule has 0 aromatic heterocycles. The molecule has 1 unspecified atom stereocenters. The molecule has 1 aromatic carbocycles. The zero-order valence-corrected chi connectivity index (χ0v) is 12.7. The number of aryl methyl sites for hydroxylation is 1. The van der Waals surface area contributed by atoms with Crippen LogP contribution in [0.2, 0.25) is 0 Å². The molecule has 0 radical (unpaired) electrons. The summed E-state index contributed by atoms with van der Waals surface area (Å²) in [6.07, 6.45) is 0. The summed E-state index contributed by atoms with van der Waals surface area (Å²) in [7, 11) is 0. The molecule has 3 heteroatoms. The van der Waals surface area contributed by atoms with Crippen molar-refractivity contribution in [2.24, 2.45) is 0 Å². The average Bonchev–Trinajstić information content (AvgIpc) is 2.26. The first kappa shape index (κ1) is 15.1. The molecule has 0 aliphatic heterocycles. The van der Waals surface area contributed by atoms with Gasteiger partial charge in [0.1, 0.15) is 0 Å². The molecule has 18 heavy (non-hydrogen) atoms. The summed E-state index contributed by atoms with van der Waals surface area (Å²) in [5.41, 5.74) is 2.40. The van der Waals surface area contributed by atoms with Crippen molar-refractivity contribution >= 4 is 17.7 Å². The Morgan fingerprint density at radius 1 is 1.33 bits per heavy atom. The van der Waals surface area contributed by atoms with Crippen molar-refractivity contribution in [3.8, 4) is 0 Å². The number of hydrogen-bond acceptors (Lipinski definition) is 2. The maximum atomic E-state index is 11.9. The minimum atomic E-state index is 0.0688. The van der Waals surface area contributed by atoms with E-state index in [9.17, 15) is 4.79 Å². The van der Waals surface area contributed by atoms with E-state index in [1.54, 1.807) is 11.8 Å². The standard InChI is InChI=1S/C15H23NOS/c1-11-8-6-7-9-13(11)12(2)16-14(17)10-18-15(3,4)5/h6-9,12H,10H2,1-5H3,(H,16,17). The Balaban J connectivity index is 2.53. The Kier molecular flexibility index (Phi) is 5.27. The average molecular weight is 265 g/mol. The van der Waals surface area contributed by atoms with E-state index in [1.165, 1.54) is 11.1 Å². The fraction of sp³-hybridized carbons (Fsp3) is 0.533. The number of benzene rings is 1. The topological polar surface area (TPSA) is 29.1 Å². The van der Waals surface area contributed by atoms with Crippen molar-refractivity contribution in [3.05, 3.63) is 35.4 Å². The molecule has 0 bridgehead atoms. The predicted molar refractivity (Wildman–Crippen MR) is 79.9 cm³/mol. The van der Waals surface area contributed by atoms with Gasteiger partial charge in [0.15, 0.2) is 0 Å². The molecule has 1 atom stereocenters. The fourth-order valence-corrected chi connectivity index (χ4v) is 2.36. The van der Waals surface area contributed by atoms with Gasteiger partial charge in [0.25, 0.3) is 0 Å². The first-order chi connectivity index (χ1) is 8.29. The van der Waals surface area contributed by atoms with Crippen LogP contribution in [0.15, 0.2) is 24.3 Å². The van der Waals surface area contributed by atoms with Crippen LogP contribution in [-0.4, -0.2) is 16.4 Å². The van der Waals surface area contributed by atoms with E-state index in [1.807, 2.05) is 19.1 Å². The zero-order valence-electron chi connectivity index (χ0n) is 11.9. The van der Waals surface area contributed by atoms with Crippen LogP contribution in [-0.2, 0) is 4.79 Å². The minimum Gasteiger partial charge on any atom is -0.349 e. The van der Waals surface area contributed by atoms with Crippen LogP contribution in [0.3, 0.4) is 0 Å². The Labute approximate surface area is 115 Å². The molecule has 1 aromatic rings. The quantitative estimate of drug-likeness (QED) is 0.899. The normalized spacial score (nSPS) is 13.2. The van der Waals surface area contributed by atoms with Gasteiger partial charge in [-0.25, -0.2) is 0 Å². The molecule has 1 amide bonds. The summed E-state index contributed by atoms with van der Waals surface area (Å²) in [5.74, 6) is 0.616. The second-order valence-electron chi connectivity index (χ2n) is 5.55. The summed E-state index contributed by atoms with van der Waals surface area (Å²) in [4.78, 5) is 11.9. The van der Waals surface area contributed by atoms with Crippen LogP contribution in [0, 0.1) is 6.92 Å². The second-order valence-corrected chi connectivity index (χ2v) is 7.35. The van der Waals surface area contributed by atoms with Crippen molar-refractivity contribution in [2.75, 3.05) is 5.75 Å². The summed E-state index contributed by atoms with van der Waals surface area (Å²) < 4.78 is 0.128. The highest BCUT2D eigenvalue weighted by Gasteiger charge is 2.15. The maximum absolute atomic E-state index is 11.9. The molecule has 1 N–H and O–H groups in total. The molecule has 0 spiro atoms. The monoisotopic (exact) mass is 265 g/mol. The summed E-state index contributed by atoms with van der Waals surface area (Å²) in [6, 6.07) is 8.23. The van der Waals surface area contributed by atoms with Crippen molar-refractivity contribution in [1.82, 2.24) is 5.32 Å². The number of amides is 1. The highest BCUT2D eigenvalue weighted by molar-refractivity contribution is 8.01. The first-order valence-corrected chi connectivity index (χ1v) is 7.27.